The van der Waals surface area contributed by atoms with Crippen LogP contribution in [0.25, 0.3) is 0 Å². The molecule has 3 nitrogen and oxygen atoms in total. The van der Waals surface area contributed by atoms with Gasteiger partial charge in [-0.05, 0) is 0 Å². The second kappa shape index (κ2) is 9.42. The van der Waals surface area contributed by atoms with E-state index in [0.717, 1.165) is 6.92 Å². The molecule has 0 amide bonds. The molecule has 0 aliphatic heterocycles. The molecule has 0 aromatic rings. The zero-order valence-electron chi connectivity index (χ0n) is 4.86. The predicted molar refractivity (Wildman–Crippen MR) is 18.0 cm³/mol. The van der Waals surface area contributed by atoms with Gasteiger partial charge in [0.2, 0.25) is 0 Å². The molecule has 4 heteroatoms. The van der Waals surface area contributed by atoms with Gasteiger partial charge in [0.1, 0.15) is 0 Å². The summed E-state index contributed by atoms with van der Waals surface area (Å²) in [6, 6.07) is 0. The Bertz CT molecular complexity index is 35.9. The van der Waals surface area contributed by atoms with Crippen molar-refractivity contribution in [2.45, 2.75) is 6.92 Å². The minimum atomic E-state index is -0.833. The molecule has 6 heavy (non-hydrogen) atoms. The van der Waals surface area contributed by atoms with E-state index < -0.39 is 5.97 Å². The summed E-state index contributed by atoms with van der Waals surface area (Å²) in [5, 5.41) is 7.42. The van der Waals surface area contributed by atoms with Gasteiger partial charge in [0.15, 0.2) is 0 Å². The first-order chi connectivity index (χ1) is 1.73. The Morgan fingerprint density at radius 1 is 1.83 bits per heavy atom. The van der Waals surface area contributed by atoms with Crippen LogP contribution in [0, 0.1) is 0 Å². The minimum absolute atomic E-state index is 0. The van der Waals surface area contributed by atoms with Crippen molar-refractivity contribution in [1.29, 1.82) is 0 Å². The van der Waals surface area contributed by atoms with E-state index in [2.05, 4.69) is 0 Å². The van der Waals surface area contributed by atoms with Crippen LogP contribution in [0.3, 0.4) is 0 Å². The van der Waals surface area contributed by atoms with Crippen LogP contribution in [-0.4, -0.2) is 16.6 Å². The van der Waals surface area contributed by atoms with Crippen molar-refractivity contribution < 1.29 is 68.2 Å². The molecule has 0 aromatic heterocycles. The number of aliphatic carboxylic acids is 1. The van der Waals surface area contributed by atoms with Crippen LogP contribution in [0.2, 0.25) is 0 Å². The van der Waals surface area contributed by atoms with Crippen molar-refractivity contribution in [2.75, 3.05) is 0 Å². The van der Waals surface area contributed by atoms with Crippen molar-refractivity contribution in [2.24, 2.45) is 0 Å². The molecule has 0 aromatic carbocycles. The normalized spacial score (nSPS) is 4.17. The predicted octanol–water partition coefficient (Wildman–Crippen LogP) is -3.62. The maximum absolute atomic E-state index is 9.00. The molecule has 0 fully saturated rings. The average Bonchev–Trinajstić information content (AvgIpc) is 0.811. The Morgan fingerprint density at radius 3 is 1.83 bits per heavy atom. The third-order valence-corrected chi connectivity index (χ3v) is 0. The van der Waals surface area contributed by atoms with Gasteiger partial charge in [-0.15, -0.1) is 0 Å². The molecule has 0 saturated carbocycles. The van der Waals surface area contributed by atoms with Gasteiger partial charge in [-0.2, -0.15) is 0 Å². The first kappa shape index (κ1) is 15.7. The molecule has 0 heterocycles. The van der Waals surface area contributed by atoms with E-state index >= 15 is 0 Å². The zero-order valence-corrected chi connectivity index (χ0v) is 6.98. The second-order valence-electron chi connectivity index (χ2n) is 0.519. The van der Waals surface area contributed by atoms with Crippen LogP contribution in [-0.2, 0) is 4.79 Å². The van der Waals surface area contributed by atoms with E-state index in [0.29, 0.717) is 0 Å². The summed E-state index contributed by atoms with van der Waals surface area (Å²) in [5.41, 5.74) is 0. The van der Waals surface area contributed by atoms with Crippen molar-refractivity contribution in [3.8, 4) is 0 Å². The number of hydrogen-bond donors (Lipinski definition) is 1. The maximum atomic E-state index is 9.00. The van der Waals surface area contributed by atoms with Gasteiger partial charge in [-0.3, -0.25) is 4.79 Å². The molecule has 3 N–H and O–H groups in total. The quantitative estimate of drug-likeness (QED) is 0.334. The summed E-state index contributed by atoms with van der Waals surface area (Å²) in [4.78, 5) is 9.00. The van der Waals surface area contributed by atoms with E-state index in [4.69, 9.17) is 9.90 Å². The Kier molecular flexibility index (Phi) is 24.7. The molecule has 0 aliphatic rings. The van der Waals surface area contributed by atoms with Gasteiger partial charge >= 0.3 is 51.4 Å². The van der Waals surface area contributed by atoms with Crippen molar-refractivity contribution >= 4 is 5.97 Å². The summed E-state index contributed by atoms with van der Waals surface area (Å²) in [6.07, 6.45) is 0. The monoisotopic (exact) mass is 118 g/mol. The first-order valence-electron chi connectivity index (χ1n) is 0.928. The third-order valence-electron chi connectivity index (χ3n) is 0. The van der Waals surface area contributed by atoms with E-state index in [9.17, 15) is 0 Å². The zero-order chi connectivity index (χ0) is 3.58. The SMILES string of the molecule is CC(=O)O.O.[H-].[K+]. The van der Waals surface area contributed by atoms with Crippen LogP contribution in [0.15, 0.2) is 0 Å². The fourth-order valence-corrected chi connectivity index (χ4v) is 0. The number of carboxylic acids is 1. The molecular weight excluding hydrogens is 111 g/mol. The van der Waals surface area contributed by atoms with E-state index in [-0.39, 0.29) is 58.3 Å². The van der Waals surface area contributed by atoms with Gasteiger partial charge in [0.05, 0.1) is 0 Å². The summed E-state index contributed by atoms with van der Waals surface area (Å²) in [6.45, 7) is 1.08. The van der Waals surface area contributed by atoms with Crippen LogP contribution in [0.5, 0.6) is 0 Å². The van der Waals surface area contributed by atoms with E-state index in [1.165, 1.54) is 0 Å². The van der Waals surface area contributed by atoms with E-state index in [1.54, 1.807) is 0 Å². The Labute approximate surface area is 79.9 Å². The molecule has 0 unspecified atom stereocenters. The van der Waals surface area contributed by atoms with Crippen molar-refractivity contribution in [3.05, 3.63) is 0 Å². The summed E-state index contributed by atoms with van der Waals surface area (Å²) in [5.74, 6) is -0.833. The molecule has 0 rings (SSSR count). The van der Waals surface area contributed by atoms with Gasteiger partial charge in [0.25, 0.3) is 5.97 Å². The fourth-order valence-electron chi connectivity index (χ4n) is 0. The minimum Gasteiger partial charge on any atom is -1.00 e. The fraction of sp³-hybridized carbons (Fsp3) is 0.500. The van der Waals surface area contributed by atoms with Crippen LogP contribution in [0.1, 0.15) is 8.35 Å². The number of rotatable bonds is 0. The third kappa shape index (κ3) is 73.7. The molecule has 34 valence electrons. The molecule has 0 atom stereocenters. The van der Waals surface area contributed by atoms with Crippen molar-refractivity contribution in [1.82, 2.24) is 0 Å². The van der Waals surface area contributed by atoms with Gasteiger partial charge in [-0.25, -0.2) is 0 Å². The Hall–Kier alpha value is 1.07. The topological polar surface area (TPSA) is 68.8 Å². The largest absolute Gasteiger partial charge is 1.00 e. The summed E-state index contributed by atoms with van der Waals surface area (Å²) in [7, 11) is 0. The van der Waals surface area contributed by atoms with Gasteiger partial charge in [-0.1, -0.05) is 0 Å². The number of carboxylic acid groups (broad SMARTS) is 1. The smallest absolute Gasteiger partial charge is 1.00 e. The van der Waals surface area contributed by atoms with E-state index in [1.807, 2.05) is 0 Å². The molecule has 0 aliphatic carbocycles. The van der Waals surface area contributed by atoms with Gasteiger partial charge < -0.3 is 12.0 Å². The standard InChI is InChI=1S/C2H4O2.K.H2O.H/c1-2(3)4;;;/h1H3,(H,3,4);;1H2;/q;+1;;-1. The molecule has 0 bridgehead atoms. The van der Waals surface area contributed by atoms with Crippen molar-refractivity contribution in [3.63, 3.8) is 0 Å². The molecule has 0 saturated heterocycles. The molecular formula is C2H7KO3. The Balaban J connectivity index is -0.0000000150. The summed E-state index contributed by atoms with van der Waals surface area (Å²) >= 11 is 0. The first-order valence-corrected chi connectivity index (χ1v) is 0.928. The second-order valence-corrected chi connectivity index (χ2v) is 0.519. The molecule has 0 spiro atoms. The molecule has 0 radical (unpaired) electrons. The number of carbonyl (C=O) groups is 1. The van der Waals surface area contributed by atoms with Crippen LogP contribution >= 0.6 is 0 Å². The van der Waals surface area contributed by atoms with Gasteiger partial charge in [0, 0.05) is 6.92 Å². The number of hydrogen-bond acceptors (Lipinski definition) is 1. The summed E-state index contributed by atoms with van der Waals surface area (Å²) < 4.78 is 0. The van der Waals surface area contributed by atoms with Crippen LogP contribution in [0.4, 0.5) is 0 Å². The average molecular weight is 118 g/mol. The Morgan fingerprint density at radius 2 is 1.83 bits per heavy atom. The van der Waals surface area contributed by atoms with Crippen LogP contribution < -0.4 is 51.4 Å². The maximum Gasteiger partial charge on any atom is 1.00 e.